The Bertz CT molecular complexity index is 990. The van der Waals surface area contributed by atoms with Gasteiger partial charge in [-0.2, -0.15) is 4.31 Å². The van der Waals surface area contributed by atoms with Crippen molar-refractivity contribution in [1.82, 2.24) is 14.1 Å². The fraction of sp³-hybridized carbons (Fsp3) is 0.435. The number of halogens is 1. The van der Waals surface area contributed by atoms with Crippen LogP contribution in [0.25, 0.3) is 0 Å². The van der Waals surface area contributed by atoms with Gasteiger partial charge in [-0.3, -0.25) is 9.69 Å². The first-order chi connectivity index (χ1) is 14.9. The van der Waals surface area contributed by atoms with E-state index in [9.17, 15) is 13.2 Å². The topological polar surface area (TPSA) is 60.9 Å². The molecule has 0 saturated carbocycles. The molecule has 0 radical (unpaired) electrons. The number of amides is 1. The summed E-state index contributed by atoms with van der Waals surface area (Å²) in [5.74, 6) is 0.152. The molecule has 2 heterocycles. The van der Waals surface area contributed by atoms with Crippen LogP contribution in [0.4, 0.5) is 0 Å². The molecule has 0 aliphatic carbocycles. The molecule has 6 nitrogen and oxygen atoms in total. The Labute approximate surface area is 193 Å². The molecule has 0 bridgehead atoms. The lowest BCUT2D eigenvalue weighted by molar-refractivity contribution is -0.138. The van der Waals surface area contributed by atoms with Crippen LogP contribution in [-0.2, 0) is 21.4 Å². The van der Waals surface area contributed by atoms with Crippen molar-refractivity contribution in [2.75, 3.05) is 39.3 Å². The number of carbonyl (C=O) groups is 1. The van der Waals surface area contributed by atoms with Gasteiger partial charge < -0.3 is 4.90 Å². The van der Waals surface area contributed by atoms with Gasteiger partial charge in [0, 0.05) is 43.7 Å². The van der Waals surface area contributed by atoms with Gasteiger partial charge in [0.05, 0.1) is 10.8 Å². The van der Waals surface area contributed by atoms with Gasteiger partial charge in [0.1, 0.15) is 0 Å². The molecule has 1 atom stereocenters. The van der Waals surface area contributed by atoms with Crippen molar-refractivity contribution < 1.29 is 13.2 Å². The highest BCUT2D eigenvalue weighted by atomic mass is 79.9. The molecule has 1 unspecified atom stereocenters. The van der Waals surface area contributed by atoms with E-state index in [0.29, 0.717) is 31.1 Å². The minimum Gasteiger partial charge on any atom is -0.340 e. The molecule has 0 spiro atoms. The number of likely N-dealkylation sites (tertiary alicyclic amines) is 1. The number of hydrogen-bond acceptors (Lipinski definition) is 4. The maximum Gasteiger partial charge on any atom is 0.243 e. The summed E-state index contributed by atoms with van der Waals surface area (Å²) in [4.78, 5) is 17.7. The fourth-order valence-corrected chi connectivity index (χ4v) is 6.10. The zero-order valence-corrected chi connectivity index (χ0v) is 19.9. The van der Waals surface area contributed by atoms with Gasteiger partial charge in [0.2, 0.25) is 15.9 Å². The number of hydrogen-bond donors (Lipinski definition) is 0. The highest BCUT2D eigenvalue weighted by molar-refractivity contribution is 9.10. The smallest absolute Gasteiger partial charge is 0.243 e. The maximum absolute atomic E-state index is 13.1. The van der Waals surface area contributed by atoms with E-state index in [0.717, 1.165) is 36.9 Å². The van der Waals surface area contributed by atoms with Crippen LogP contribution >= 0.6 is 15.9 Å². The Hall–Kier alpha value is -1.74. The van der Waals surface area contributed by atoms with Gasteiger partial charge >= 0.3 is 0 Å². The first kappa shape index (κ1) is 22.5. The van der Waals surface area contributed by atoms with Crippen molar-refractivity contribution in [3.8, 4) is 0 Å². The van der Waals surface area contributed by atoms with Crippen LogP contribution in [0.3, 0.4) is 0 Å². The molecule has 4 rings (SSSR count). The van der Waals surface area contributed by atoms with Crippen LogP contribution < -0.4 is 0 Å². The van der Waals surface area contributed by atoms with Crippen LogP contribution in [-0.4, -0.2) is 67.7 Å². The molecule has 2 aromatic rings. The molecule has 2 saturated heterocycles. The molecule has 0 N–H and O–H groups in total. The number of piperidine rings is 1. The van der Waals surface area contributed by atoms with Gasteiger partial charge in [-0.15, -0.1) is 0 Å². The summed E-state index contributed by atoms with van der Waals surface area (Å²) < 4.78 is 28.2. The third-order valence-corrected chi connectivity index (χ3v) is 8.55. The van der Waals surface area contributed by atoms with Crippen LogP contribution in [0.5, 0.6) is 0 Å². The standard InChI is InChI=1S/C23H28BrN3O3S/c24-21-10-8-19(9-11-21)17-25-12-4-5-20(18-25)23(28)26-13-15-27(16-14-26)31(29,30)22-6-2-1-3-7-22/h1-3,6-11,20H,4-5,12-18H2. The molecule has 0 aromatic heterocycles. The van der Waals surface area contributed by atoms with E-state index in [2.05, 4.69) is 33.0 Å². The van der Waals surface area contributed by atoms with E-state index in [1.807, 2.05) is 17.0 Å². The highest BCUT2D eigenvalue weighted by Gasteiger charge is 2.34. The maximum atomic E-state index is 13.1. The lowest BCUT2D eigenvalue weighted by Crippen LogP contribution is -2.53. The van der Waals surface area contributed by atoms with Crippen LogP contribution in [0.1, 0.15) is 18.4 Å². The first-order valence-corrected chi connectivity index (χ1v) is 13.0. The number of nitrogens with zero attached hydrogens (tertiary/aromatic N) is 3. The van der Waals surface area contributed by atoms with E-state index in [4.69, 9.17) is 0 Å². The number of rotatable bonds is 5. The number of piperazine rings is 1. The SMILES string of the molecule is O=C(C1CCCN(Cc2ccc(Br)cc2)C1)N1CCN(S(=O)(=O)c2ccccc2)CC1. The lowest BCUT2D eigenvalue weighted by Gasteiger charge is -2.38. The number of benzene rings is 2. The summed E-state index contributed by atoms with van der Waals surface area (Å²) in [6, 6.07) is 16.8. The van der Waals surface area contributed by atoms with Gasteiger partial charge in [-0.1, -0.05) is 46.3 Å². The monoisotopic (exact) mass is 505 g/mol. The summed E-state index contributed by atoms with van der Waals surface area (Å²) in [6.45, 7) is 4.21. The Morgan fingerprint density at radius 1 is 0.935 bits per heavy atom. The third-order valence-electron chi connectivity index (χ3n) is 6.11. The van der Waals surface area contributed by atoms with Gasteiger partial charge in [0.25, 0.3) is 0 Å². The largest absolute Gasteiger partial charge is 0.340 e. The number of carbonyl (C=O) groups excluding carboxylic acids is 1. The quantitative estimate of drug-likeness (QED) is 0.625. The average molecular weight is 506 g/mol. The normalized spacial score (nSPS) is 21.2. The molecule has 8 heteroatoms. The Balaban J connectivity index is 1.32. The van der Waals surface area contributed by atoms with Crippen molar-refractivity contribution in [2.24, 2.45) is 5.92 Å². The van der Waals surface area contributed by atoms with Crippen LogP contribution in [0, 0.1) is 5.92 Å². The molecule has 2 aliphatic rings. The summed E-state index contributed by atoms with van der Waals surface area (Å²) in [5, 5.41) is 0. The summed E-state index contributed by atoms with van der Waals surface area (Å²) in [5.41, 5.74) is 1.25. The van der Waals surface area contributed by atoms with E-state index in [-0.39, 0.29) is 11.8 Å². The average Bonchev–Trinajstić information content (AvgIpc) is 2.81. The predicted octanol–water partition coefficient (Wildman–Crippen LogP) is 3.19. The zero-order valence-electron chi connectivity index (χ0n) is 17.5. The van der Waals surface area contributed by atoms with Crippen molar-refractivity contribution >= 4 is 31.9 Å². The molecule has 31 heavy (non-hydrogen) atoms. The highest BCUT2D eigenvalue weighted by Crippen LogP contribution is 2.23. The summed E-state index contributed by atoms with van der Waals surface area (Å²) in [6.07, 6.45) is 1.91. The predicted molar refractivity (Wildman–Crippen MR) is 124 cm³/mol. The van der Waals surface area contributed by atoms with Gasteiger partial charge in [-0.25, -0.2) is 8.42 Å². The minimum absolute atomic E-state index is 0.0125. The van der Waals surface area contributed by atoms with E-state index in [1.54, 1.807) is 30.3 Å². The lowest BCUT2D eigenvalue weighted by atomic mass is 9.95. The molecule has 2 fully saturated rings. The second-order valence-corrected chi connectivity index (χ2v) is 11.1. The van der Waals surface area contributed by atoms with Crippen molar-refractivity contribution in [2.45, 2.75) is 24.3 Å². The molecular weight excluding hydrogens is 478 g/mol. The molecule has 1 amide bonds. The molecule has 2 aliphatic heterocycles. The number of sulfonamides is 1. The van der Waals surface area contributed by atoms with E-state index in [1.165, 1.54) is 9.87 Å². The van der Waals surface area contributed by atoms with Crippen LogP contribution in [0.15, 0.2) is 64.0 Å². The van der Waals surface area contributed by atoms with Gasteiger partial charge in [-0.05, 0) is 49.2 Å². The first-order valence-electron chi connectivity index (χ1n) is 10.7. The fourth-order valence-electron chi connectivity index (χ4n) is 4.40. The molecule has 166 valence electrons. The van der Waals surface area contributed by atoms with Gasteiger partial charge in [0.15, 0.2) is 0 Å². The third kappa shape index (κ3) is 5.37. The summed E-state index contributed by atoms with van der Waals surface area (Å²) >= 11 is 3.47. The van der Waals surface area contributed by atoms with Crippen molar-refractivity contribution in [3.05, 3.63) is 64.6 Å². The zero-order chi connectivity index (χ0) is 21.8. The van der Waals surface area contributed by atoms with Crippen molar-refractivity contribution in [1.29, 1.82) is 0 Å². The Morgan fingerprint density at radius 3 is 2.29 bits per heavy atom. The molecular formula is C23H28BrN3O3S. The second kappa shape index (κ2) is 9.81. The second-order valence-electron chi connectivity index (χ2n) is 8.24. The minimum atomic E-state index is -3.50. The Kier molecular flexibility index (Phi) is 7.11. The molecule has 2 aromatic carbocycles. The summed E-state index contributed by atoms with van der Waals surface area (Å²) in [7, 11) is -3.50. The van der Waals surface area contributed by atoms with E-state index >= 15 is 0 Å². The van der Waals surface area contributed by atoms with Crippen LogP contribution in [0.2, 0.25) is 0 Å². The van der Waals surface area contributed by atoms with E-state index < -0.39 is 10.0 Å². The Morgan fingerprint density at radius 2 is 1.61 bits per heavy atom. The van der Waals surface area contributed by atoms with Crippen molar-refractivity contribution in [3.63, 3.8) is 0 Å².